The fraction of sp³-hybridized carbons (Fsp3) is 0.0244. The molecule has 9 rings (SSSR count). The molecule has 0 amide bonds. The zero-order valence-electron chi connectivity index (χ0n) is 22.9. The molecule has 7 aromatic rings. The van der Waals surface area contributed by atoms with Crippen molar-refractivity contribution in [2.75, 3.05) is 0 Å². The van der Waals surface area contributed by atoms with Gasteiger partial charge >= 0.3 is 0 Å². The van der Waals surface area contributed by atoms with Gasteiger partial charge in [0.05, 0.1) is 5.41 Å². The van der Waals surface area contributed by atoms with Crippen molar-refractivity contribution in [1.82, 2.24) is 0 Å². The molecule has 0 fully saturated rings. The molecule has 0 N–H and O–H groups in total. The van der Waals surface area contributed by atoms with Gasteiger partial charge in [-0.15, -0.1) is 0 Å². The van der Waals surface area contributed by atoms with Crippen LogP contribution in [0.5, 0.6) is 0 Å². The van der Waals surface area contributed by atoms with Crippen LogP contribution in [0.1, 0.15) is 22.3 Å². The van der Waals surface area contributed by atoms with Crippen molar-refractivity contribution in [2.24, 2.45) is 0 Å². The molecule has 0 bridgehead atoms. The van der Waals surface area contributed by atoms with E-state index in [1.165, 1.54) is 76.2 Å². The molecule has 0 radical (unpaired) electrons. The monoisotopic (exact) mass is 550 g/mol. The zero-order chi connectivity index (χ0) is 27.7. The Morgan fingerprint density at radius 3 is 1.79 bits per heavy atom. The van der Waals surface area contributed by atoms with Gasteiger partial charge in [0, 0.05) is 15.2 Å². The van der Waals surface area contributed by atoms with Gasteiger partial charge in [-0.05, 0) is 79.2 Å². The SMILES string of the molecule is c1ccc(C2(c3cccc(-c4ccc5c6c(cccc46)-c4ccccc4S5)c3)c3ccccc3-c3ccccc32)cc1. The molecule has 196 valence electrons. The normalized spacial score (nSPS) is 13.8. The van der Waals surface area contributed by atoms with Crippen molar-refractivity contribution in [3.05, 3.63) is 180 Å². The van der Waals surface area contributed by atoms with Gasteiger partial charge in [-0.1, -0.05) is 151 Å². The van der Waals surface area contributed by atoms with E-state index in [1.807, 2.05) is 11.8 Å². The maximum Gasteiger partial charge on any atom is 0.0713 e. The third-order valence-corrected chi connectivity index (χ3v) is 10.3. The van der Waals surface area contributed by atoms with Crippen molar-refractivity contribution in [1.29, 1.82) is 0 Å². The van der Waals surface area contributed by atoms with Crippen LogP contribution in [0.25, 0.3) is 44.2 Å². The first kappa shape index (κ1) is 23.8. The summed E-state index contributed by atoms with van der Waals surface area (Å²) in [6, 6.07) is 58.5. The van der Waals surface area contributed by atoms with Crippen LogP contribution in [-0.2, 0) is 5.41 Å². The Morgan fingerprint density at radius 1 is 0.381 bits per heavy atom. The Morgan fingerprint density at radius 2 is 1.00 bits per heavy atom. The highest BCUT2D eigenvalue weighted by Crippen LogP contribution is 2.56. The van der Waals surface area contributed by atoms with E-state index in [0.29, 0.717) is 0 Å². The lowest BCUT2D eigenvalue weighted by Gasteiger charge is -2.34. The average molecular weight is 551 g/mol. The zero-order valence-corrected chi connectivity index (χ0v) is 23.7. The van der Waals surface area contributed by atoms with E-state index in [1.54, 1.807) is 0 Å². The van der Waals surface area contributed by atoms with Crippen LogP contribution < -0.4 is 0 Å². The molecule has 0 unspecified atom stereocenters. The summed E-state index contributed by atoms with van der Waals surface area (Å²) in [7, 11) is 0. The highest BCUT2D eigenvalue weighted by Gasteiger charge is 2.45. The van der Waals surface area contributed by atoms with Gasteiger partial charge in [0.25, 0.3) is 0 Å². The van der Waals surface area contributed by atoms with E-state index >= 15 is 0 Å². The van der Waals surface area contributed by atoms with Crippen molar-refractivity contribution in [3.63, 3.8) is 0 Å². The van der Waals surface area contributed by atoms with Gasteiger partial charge in [-0.2, -0.15) is 0 Å². The molecule has 0 spiro atoms. The number of fused-ring (bicyclic) bond motifs is 5. The predicted molar refractivity (Wildman–Crippen MR) is 176 cm³/mol. The molecule has 1 aliphatic heterocycles. The first-order chi connectivity index (χ1) is 20.8. The van der Waals surface area contributed by atoms with E-state index in [4.69, 9.17) is 0 Å². The summed E-state index contributed by atoms with van der Waals surface area (Å²) >= 11 is 1.88. The molecule has 0 atom stereocenters. The highest BCUT2D eigenvalue weighted by molar-refractivity contribution is 7.99. The predicted octanol–water partition coefficient (Wildman–Crippen LogP) is 11.0. The third-order valence-electron chi connectivity index (χ3n) is 9.17. The average Bonchev–Trinajstić information content (AvgIpc) is 3.37. The second kappa shape index (κ2) is 9.08. The van der Waals surface area contributed by atoms with Gasteiger partial charge in [-0.25, -0.2) is 0 Å². The summed E-state index contributed by atoms with van der Waals surface area (Å²) in [4.78, 5) is 2.66. The van der Waals surface area contributed by atoms with Crippen molar-refractivity contribution >= 4 is 22.5 Å². The molecule has 0 saturated heterocycles. The first-order valence-corrected chi connectivity index (χ1v) is 15.3. The second-order valence-corrected chi connectivity index (χ2v) is 12.3. The topological polar surface area (TPSA) is 0 Å². The molecule has 2 aliphatic rings. The Hall–Kier alpha value is -4.85. The van der Waals surface area contributed by atoms with E-state index in [-0.39, 0.29) is 0 Å². The summed E-state index contributed by atoms with van der Waals surface area (Å²) in [6.07, 6.45) is 0. The fourth-order valence-electron chi connectivity index (χ4n) is 7.46. The van der Waals surface area contributed by atoms with E-state index in [0.717, 1.165) is 0 Å². The molecular formula is C41H26S. The van der Waals surface area contributed by atoms with Crippen molar-refractivity contribution in [3.8, 4) is 33.4 Å². The van der Waals surface area contributed by atoms with Crippen LogP contribution in [0, 0.1) is 0 Å². The van der Waals surface area contributed by atoms with Gasteiger partial charge < -0.3 is 0 Å². The van der Waals surface area contributed by atoms with Crippen LogP contribution in [0.4, 0.5) is 0 Å². The minimum atomic E-state index is -0.397. The standard InChI is InChI=1S/C41H26S/c1-2-13-28(14-3-1)41(36-21-7-4-16-31(36)32-17-5-8-22-37(32)41)29-15-10-12-27(26-29)30-24-25-39-40-34(30)19-11-20-35(40)33-18-6-9-23-38(33)42-39/h1-26H. The summed E-state index contributed by atoms with van der Waals surface area (Å²) < 4.78 is 0. The summed E-state index contributed by atoms with van der Waals surface area (Å²) in [5.41, 5.74) is 12.7. The molecule has 1 aliphatic carbocycles. The third kappa shape index (κ3) is 3.20. The number of hydrogen-bond acceptors (Lipinski definition) is 1. The van der Waals surface area contributed by atoms with Gasteiger partial charge in [0.1, 0.15) is 0 Å². The van der Waals surface area contributed by atoms with Gasteiger partial charge in [0.2, 0.25) is 0 Å². The summed E-state index contributed by atoms with van der Waals surface area (Å²) in [6.45, 7) is 0. The van der Waals surface area contributed by atoms with Crippen molar-refractivity contribution in [2.45, 2.75) is 15.2 Å². The maximum atomic E-state index is 2.44. The molecule has 42 heavy (non-hydrogen) atoms. The largest absolute Gasteiger partial charge is 0.0888 e. The molecule has 1 heterocycles. The molecular weight excluding hydrogens is 525 g/mol. The minimum absolute atomic E-state index is 0.397. The Kier molecular flexibility index (Phi) is 5.15. The molecule has 0 saturated carbocycles. The van der Waals surface area contributed by atoms with Gasteiger partial charge in [-0.3, -0.25) is 0 Å². The lowest BCUT2D eigenvalue weighted by molar-refractivity contribution is 0.769. The van der Waals surface area contributed by atoms with E-state index in [2.05, 4.69) is 158 Å². The Bertz CT molecular complexity index is 2130. The van der Waals surface area contributed by atoms with Crippen LogP contribution in [-0.4, -0.2) is 0 Å². The quantitative estimate of drug-likeness (QED) is 0.211. The van der Waals surface area contributed by atoms with Crippen LogP contribution in [0.2, 0.25) is 0 Å². The maximum absolute atomic E-state index is 2.44. The number of hydrogen-bond donors (Lipinski definition) is 0. The highest BCUT2D eigenvalue weighted by atomic mass is 32.2. The van der Waals surface area contributed by atoms with Gasteiger partial charge in [0.15, 0.2) is 0 Å². The smallest absolute Gasteiger partial charge is 0.0713 e. The van der Waals surface area contributed by atoms with E-state index < -0.39 is 5.41 Å². The number of benzene rings is 7. The molecule has 0 aromatic heterocycles. The molecule has 7 aromatic carbocycles. The summed E-state index contributed by atoms with van der Waals surface area (Å²) in [5, 5.41) is 2.67. The van der Waals surface area contributed by atoms with Crippen LogP contribution in [0.3, 0.4) is 0 Å². The Balaban J connectivity index is 1.32. The number of rotatable bonds is 3. The summed E-state index contributed by atoms with van der Waals surface area (Å²) in [5.74, 6) is 0. The molecule has 0 nitrogen and oxygen atoms in total. The van der Waals surface area contributed by atoms with Crippen molar-refractivity contribution < 1.29 is 0 Å². The first-order valence-electron chi connectivity index (χ1n) is 14.5. The minimum Gasteiger partial charge on any atom is -0.0888 e. The lowest BCUT2D eigenvalue weighted by atomic mass is 9.67. The second-order valence-electron chi connectivity index (χ2n) is 11.2. The van der Waals surface area contributed by atoms with Crippen LogP contribution >= 0.6 is 11.8 Å². The van der Waals surface area contributed by atoms with E-state index in [9.17, 15) is 0 Å². The van der Waals surface area contributed by atoms with Crippen LogP contribution in [0.15, 0.2) is 168 Å². The molecule has 1 heteroatoms. The Labute approximate surface area is 250 Å². The lowest BCUT2D eigenvalue weighted by Crippen LogP contribution is -2.28. The fourth-order valence-corrected chi connectivity index (χ4v) is 8.59.